The molecule has 68 valence electrons. The highest BCUT2D eigenvalue weighted by molar-refractivity contribution is 9.11. The predicted molar refractivity (Wildman–Crippen MR) is 51.8 cm³/mol. The molecule has 0 spiro atoms. The van der Waals surface area contributed by atoms with Gasteiger partial charge in [-0.15, -0.1) is 0 Å². The van der Waals surface area contributed by atoms with E-state index in [1.54, 1.807) is 0 Å². The standard InChI is InChI=1S/C8H13BrN2O/c1-6(9)4-11-7(12)8(5-10)2-3-8/h1-5,10H2,(H,11,12). The zero-order chi connectivity index (χ0) is 9.19. The minimum absolute atomic E-state index is 0.0607. The van der Waals surface area contributed by atoms with Gasteiger partial charge in [0.25, 0.3) is 0 Å². The Morgan fingerprint density at radius 1 is 1.67 bits per heavy atom. The van der Waals surface area contributed by atoms with Gasteiger partial charge in [0, 0.05) is 17.6 Å². The first-order chi connectivity index (χ1) is 5.60. The van der Waals surface area contributed by atoms with Crippen LogP contribution < -0.4 is 11.1 Å². The normalized spacial score (nSPS) is 18.5. The van der Waals surface area contributed by atoms with E-state index < -0.39 is 0 Å². The SMILES string of the molecule is C=C(Br)CNC(=O)C1(CN)CC1. The average molecular weight is 233 g/mol. The van der Waals surface area contributed by atoms with E-state index in [4.69, 9.17) is 5.73 Å². The maximum Gasteiger partial charge on any atom is 0.227 e. The van der Waals surface area contributed by atoms with Gasteiger partial charge in [0.05, 0.1) is 5.41 Å². The molecule has 0 atom stereocenters. The van der Waals surface area contributed by atoms with E-state index in [9.17, 15) is 4.79 Å². The number of nitrogens with one attached hydrogen (secondary N) is 1. The number of hydrogen-bond acceptors (Lipinski definition) is 2. The molecule has 1 rings (SSSR count). The van der Waals surface area contributed by atoms with Gasteiger partial charge in [-0.05, 0) is 12.8 Å². The average Bonchev–Trinajstić information content (AvgIpc) is 2.80. The summed E-state index contributed by atoms with van der Waals surface area (Å²) in [5, 5.41) is 2.77. The van der Waals surface area contributed by atoms with Crippen molar-refractivity contribution in [3.8, 4) is 0 Å². The predicted octanol–water partition coefficient (Wildman–Crippen LogP) is 0.750. The fraction of sp³-hybridized carbons (Fsp3) is 0.625. The molecule has 1 amide bonds. The topological polar surface area (TPSA) is 55.1 Å². The first-order valence-electron chi connectivity index (χ1n) is 3.92. The van der Waals surface area contributed by atoms with E-state index >= 15 is 0 Å². The summed E-state index contributed by atoms with van der Waals surface area (Å²) in [6.07, 6.45) is 1.84. The molecule has 0 bridgehead atoms. The molecule has 0 aromatic heterocycles. The van der Waals surface area contributed by atoms with Crippen LogP contribution in [0.4, 0.5) is 0 Å². The summed E-state index contributed by atoms with van der Waals surface area (Å²) in [6, 6.07) is 0. The van der Waals surface area contributed by atoms with Crippen molar-refractivity contribution < 1.29 is 4.79 Å². The van der Waals surface area contributed by atoms with Crippen molar-refractivity contribution in [2.75, 3.05) is 13.1 Å². The molecule has 1 aliphatic rings. The smallest absolute Gasteiger partial charge is 0.227 e. The van der Waals surface area contributed by atoms with Gasteiger partial charge < -0.3 is 11.1 Å². The first-order valence-corrected chi connectivity index (χ1v) is 4.72. The highest BCUT2D eigenvalue weighted by atomic mass is 79.9. The van der Waals surface area contributed by atoms with Gasteiger partial charge in [-0.25, -0.2) is 0 Å². The van der Waals surface area contributed by atoms with Gasteiger partial charge in [0.15, 0.2) is 0 Å². The zero-order valence-electron chi connectivity index (χ0n) is 6.90. The molecule has 1 saturated carbocycles. The third kappa shape index (κ3) is 2.08. The third-order valence-electron chi connectivity index (χ3n) is 2.17. The van der Waals surface area contributed by atoms with Crippen molar-refractivity contribution >= 4 is 21.8 Å². The van der Waals surface area contributed by atoms with Crippen molar-refractivity contribution in [2.24, 2.45) is 11.1 Å². The van der Waals surface area contributed by atoms with Crippen LogP contribution in [0.25, 0.3) is 0 Å². The minimum Gasteiger partial charge on any atom is -0.351 e. The van der Waals surface area contributed by atoms with E-state index in [0.717, 1.165) is 17.3 Å². The fourth-order valence-electron chi connectivity index (χ4n) is 1.04. The molecule has 0 heterocycles. The van der Waals surface area contributed by atoms with Crippen LogP contribution in [0.15, 0.2) is 11.1 Å². The lowest BCUT2D eigenvalue weighted by molar-refractivity contribution is -0.125. The third-order valence-corrected chi connectivity index (χ3v) is 2.45. The van der Waals surface area contributed by atoms with E-state index in [2.05, 4.69) is 27.8 Å². The van der Waals surface area contributed by atoms with Crippen molar-refractivity contribution in [1.82, 2.24) is 5.32 Å². The van der Waals surface area contributed by atoms with Crippen molar-refractivity contribution in [1.29, 1.82) is 0 Å². The van der Waals surface area contributed by atoms with Crippen LogP contribution >= 0.6 is 15.9 Å². The molecule has 3 N–H and O–H groups in total. The summed E-state index contributed by atoms with van der Waals surface area (Å²) in [5.41, 5.74) is 5.23. The monoisotopic (exact) mass is 232 g/mol. The number of carbonyl (C=O) groups is 1. The highest BCUT2D eigenvalue weighted by Crippen LogP contribution is 2.44. The first kappa shape index (κ1) is 9.74. The summed E-state index contributed by atoms with van der Waals surface area (Å²) in [5.74, 6) is 0.0607. The Kier molecular flexibility index (Phi) is 2.90. The maximum atomic E-state index is 11.4. The Balaban J connectivity index is 2.33. The van der Waals surface area contributed by atoms with Crippen molar-refractivity contribution in [3.05, 3.63) is 11.1 Å². The number of amides is 1. The van der Waals surface area contributed by atoms with Gasteiger partial charge >= 0.3 is 0 Å². The van der Waals surface area contributed by atoms with E-state index in [1.807, 2.05) is 0 Å². The summed E-state index contributed by atoms with van der Waals surface area (Å²) in [6.45, 7) is 4.56. The Labute approximate surface area is 80.5 Å². The fourth-order valence-corrected chi connectivity index (χ4v) is 1.18. The van der Waals surface area contributed by atoms with Gasteiger partial charge in [-0.3, -0.25) is 4.79 Å². The van der Waals surface area contributed by atoms with E-state index in [-0.39, 0.29) is 11.3 Å². The van der Waals surface area contributed by atoms with Crippen LogP contribution in [0.2, 0.25) is 0 Å². The van der Waals surface area contributed by atoms with Crippen LogP contribution in [0.3, 0.4) is 0 Å². The molecular weight excluding hydrogens is 220 g/mol. The van der Waals surface area contributed by atoms with Crippen molar-refractivity contribution in [2.45, 2.75) is 12.8 Å². The van der Waals surface area contributed by atoms with Gasteiger partial charge in [0.1, 0.15) is 0 Å². The second-order valence-corrected chi connectivity index (χ2v) is 4.31. The Morgan fingerprint density at radius 3 is 2.58 bits per heavy atom. The van der Waals surface area contributed by atoms with Crippen LogP contribution in [0.1, 0.15) is 12.8 Å². The summed E-state index contributed by atoms with van der Waals surface area (Å²) in [4.78, 5) is 11.4. The molecule has 0 aromatic carbocycles. The number of carbonyl (C=O) groups excluding carboxylic acids is 1. The van der Waals surface area contributed by atoms with Crippen LogP contribution in [0, 0.1) is 5.41 Å². The molecule has 0 aliphatic heterocycles. The molecule has 0 aromatic rings. The molecule has 0 unspecified atom stereocenters. The quantitative estimate of drug-likeness (QED) is 0.752. The van der Waals surface area contributed by atoms with Crippen LogP contribution in [-0.2, 0) is 4.79 Å². The largest absolute Gasteiger partial charge is 0.351 e. The van der Waals surface area contributed by atoms with Gasteiger partial charge in [-0.1, -0.05) is 22.5 Å². The molecule has 0 saturated heterocycles. The lowest BCUT2D eigenvalue weighted by Gasteiger charge is -2.11. The minimum atomic E-state index is -0.248. The number of nitrogens with two attached hydrogens (primary N) is 1. The Bertz CT molecular complexity index is 211. The molecule has 4 heteroatoms. The Morgan fingerprint density at radius 2 is 2.25 bits per heavy atom. The highest BCUT2D eigenvalue weighted by Gasteiger charge is 2.48. The Hall–Kier alpha value is -0.350. The maximum absolute atomic E-state index is 11.4. The van der Waals surface area contributed by atoms with Crippen LogP contribution in [-0.4, -0.2) is 19.0 Å². The lowest BCUT2D eigenvalue weighted by Crippen LogP contribution is -2.37. The number of halogens is 1. The zero-order valence-corrected chi connectivity index (χ0v) is 8.49. The van der Waals surface area contributed by atoms with Gasteiger partial charge in [0.2, 0.25) is 5.91 Å². The lowest BCUT2D eigenvalue weighted by atomic mass is 10.1. The van der Waals surface area contributed by atoms with Gasteiger partial charge in [-0.2, -0.15) is 0 Å². The second kappa shape index (κ2) is 3.58. The molecule has 1 aliphatic carbocycles. The molecule has 3 nitrogen and oxygen atoms in total. The molecule has 12 heavy (non-hydrogen) atoms. The van der Waals surface area contributed by atoms with E-state index in [1.165, 1.54) is 0 Å². The molecule has 0 radical (unpaired) electrons. The summed E-state index contributed by atoms with van der Waals surface area (Å²) in [7, 11) is 0. The molecule has 1 fully saturated rings. The van der Waals surface area contributed by atoms with E-state index in [0.29, 0.717) is 13.1 Å². The van der Waals surface area contributed by atoms with Crippen molar-refractivity contribution in [3.63, 3.8) is 0 Å². The molecular formula is C8H13BrN2O. The second-order valence-electron chi connectivity index (χ2n) is 3.18. The summed E-state index contributed by atoms with van der Waals surface area (Å²) < 4.78 is 0.781. The number of hydrogen-bond donors (Lipinski definition) is 2. The number of rotatable bonds is 4. The van der Waals surface area contributed by atoms with Crippen LogP contribution in [0.5, 0.6) is 0 Å². The summed E-state index contributed by atoms with van der Waals surface area (Å²) >= 11 is 3.17.